The fraction of sp³-hybridized carbons (Fsp3) is 0.462. The molecule has 0 unspecified atom stereocenters. The Morgan fingerprint density at radius 1 is 1.53 bits per heavy atom. The lowest BCUT2D eigenvalue weighted by molar-refractivity contribution is 0.454. The van der Waals surface area contributed by atoms with Gasteiger partial charge < -0.3 is 15.0 Å². The molecule has 0 spiro atoms. The van der Waals surface area contributed by atoms with Gasteiger partial charge in [-0.05, 0) is 31.5 Å². The van der Waals surface area contributed by atoms with E-state index in [1.54, 1.807) is 0 Å². The lowest BCUT2D eigenvalue weighted by Crippen LogP contribution is -2.29. The molecule has 0 aliphatic carbocycles. The van der Waals surface area contributed by atoms with Gasteiger partial charge in [-0.2, -0.15) is 0 Å². The maximum atomic E-state index is 4.74. The highest BCUT2D eigenvalue weighted by atomic mass is 15.0. The predicted octanol–water partition coefficient (Wildman–Crippen LogP) is 1.84. The van der Waals surface area contributed by atoms with Gasteiger partial charge in [0.1, 0.15) is 5.82 Å². The molecule has 1 aliphatic rings. The molecule has 17 heavy (non-hydrogen) atoms. The van der Waals surface area contributed by atoms with E-state index in [9.17, 15) is 0 Å². The summed E-state index contributed by atoms with van der Waals surface area (Å²) in [7, 11) is 1.93. The van der Waals surface area contributed by atoms with Crippen molar-refractivity contribution in [1.29, 1.82) is 0 Å². The lowest BCUT2D eigenvalue weighted by atomic mass is 9.96. The Hall–Kier alpha value is -1.55. The summed E-state index contributed by atoms with van der Waals surface area (Å²) in [5.41, 5.74) is 2.32. The minimum atomic E-state index is 0.544. The van der Waals surface area contributed by atoms with Crippen LogP contribution in [0.5, 0.6) is 0 Å². The first kappa shape index (κ1) is 10.6. The van der Waals surface area contributed by atoms with Gasteiger partial charge in [0.25, 0.3) is 0 Å². The molecule has 2 aromatic heterocycles. The third-order valence-electron chi connectivity index (χ3n) is 3.49. The Morgan fingerprint density at radius 2 is 2.47 bits per heavy atom. The second-order valence-corrected chi connectivity index (χ2v) is 4.61. The van der Waals surface area contributed by atoms with Crippen molar-refractivity contribution in [1.82, 2.24) is 14.7 Å². The first-order valence-electron chi connectivity index (χ1n) is 6.24. The second kappa shape index (κ2) is 4.37. The summed E-state index contributed by atoms with van der Waals surface area (Å²) in [6.45, 7) is 2.18. The van der Waals surface area contributed by atoms with E-state index < -0.39 is 0 Å². The summed E-state index contributed by atoms with van der Waals surface area (Å²) in [5, 5.41) is 6.63. The van der Waals surface area contributed by atoms with Gasteiger partial charge in [0.2, 0.25) is 0 Å². The van der Waals surface area contributed by atoms with Crippen LogP contribution in [0, 0.1) is 0 Å². The summed E-state index contributed by atoms with van der Waals surface area (Å²) in [6.07, 6.45) is 6.71. The van der Waals surface area contributed by atoms with Crippen LogP contribution in [-0.4, -0.2) is 29.5 Å². The van der Waals surface area contributed by atoms with Crippen molar-refractivity contribution in [2.24, 2.45) is 0 Å². The van der Waals surface area contributed by atoms with Crippen molar-refractivity contribution < 1.29 is 0 Å². The minimum absolute atomic E-state index is 0.544. The summed E-state index contributed by atoms with van der Waals surface area (Å²) in [4.78, 5) is 4.74. The molecule has 0 radical (unpaired) electrons. The summed E-state index contributed by atoms with van der Waals surface area (Å²) >= 11 is 0. The molecule has 1 aliphatic heterocycles. The molecule has 2 N–H and O–H groups in total. The Morgan fingerprint density at radius 3 is 3.24 bits per heavy atom. The van der Waals surface area contributed by atoms with E-state index in [0.717, 1.165) is 24.4 Å². The Balaban J connectivity index is 2.03. The van der Waals surface area contributed by atoms with Gasteiger partial charge in [-0.1, -0.05) is 0 Å². The topological polar surface area (TPSA) is 41.4 Å². The normalized spacial score (nSPS) is 20.6. The minimum Gasteiger partial charge on any atom is -0.371 e. The van der Waals surface area contributed by atoms with Crippen molar-refractivity contribution in [3.63, 3.8) is 0 Å². The molecule has 0 aromatic carbocycles. The van der Waals surface area contributed by atoms with Crippen molar-refractivity contribution in [3.8, 4) is 0 Å². The molecule has 0 amide bonds. The lowest BCUT2D eigenvalue weighted by Gasteiger charge is -2.23. The van der Waals surface area contributed by atoms with Crippen LogP contribution >= 0.6 is 0 Å². The number of aromatic nitrogens is 2. The van der Waals surface area contributed by atoms with Crippen LogP contribution in [0.1, 0.15) is 24.5 Å². The van der Waals surface area contributed by atoms with Crippen LogP contribution in [0.4, 0.5) is 5.82 Å². The zero-order valence-corrected chi connectivity index (χ0v) is 10.1. The van der Waals surface area contributed by atoms with E-state index in [1.165, 1.54) is 18.5 Å². The molecule has 1 fully saturated rings. The first-order chi connectivity index (χ1) is 8.38. The molecule has 3 rings (SSSR count). The fourth-order valence-electron chi connectivity index (χ4n) is 2.55. The molecule has 1 atom stereocenters. The van der Waals surface area contributed by atoms with Gasteiger partial charge in [-0.15, -0.1) is 0 Å². The van der Waals surface area contributed by atoms with Gasteiger partial charge in [0.15, 0.2) is 0 Å². The fourth-order valence-corrected chi connectivity index (χ4v) is 2.55. The summed E-state index contributed by atoms with van der Waals surface area (Å²) in [5.74, 6) is 1.51. The first-order valence-corrected chi connectivity index (χ1v) is 6.24. The zero-order chi connectivity index (χ0) is 11.7. The number of rotatable bonds is 2. The van der Waals surface area contributed by atoms with Crippen LogP contribution in [-0.2, 0) is 0 Å². The number of nitrogens with zero attached hydrogens (tertiary/aromatic N) is 2. The Kier molecular flexibility index (Phi) is 2.73. The maximum absolute atomic E-state index is 4.74. The average molecular weight is 230 g/mol. The SMILES string of the molecule is CNc1nc([C@@H]2CCCNC2)cn2cccc12. The number of anilines is 1. The quantitative estimate of drug-likeness (QED) is 0.827. The van der Waals surface area contributed by atoms with Crippen LogP contribution in [0.15, 0.2) is 24.5 Å². The van der Waals surface area contributed by atoms with E-state index in [1.807, 2.05) is 7.05 Å². The Labute approximate surface area is 101 Å². The van der Waals surface area contributed by atoms with Gasteiger partial charge in [-0.3, -0.25) is 0 Å². The van der Waals surface area contributed by atoms with E-state index in [-0.39, 0.29) is 0 Å². The van der Waals surface area contributed by atoms with Crippen molar-refractivity contribution >= 4 is 11.3 Å². The third kappa shape index (κ3) is 1.89. The number of hydrogen-bond acceptors (Lipinski definition) is 3. The number of hydrogen-bond donors (Lipinski definition) is 2. The Bertz CT molecular complexity index is 511. The van der Waals surface area contributed by atoms with Gasteiger partial charge in [0.05, 0.1) is 11.2 Å². The van der Waals surface area contributed by atoms with E-state index >= 15 is 0 Å². The number of fused-ring (bicyclic) bond motifs is 1. The van der Waals surface area contributed by atoms with Crippen molar-refractivity contribution in [2.45, 2.75) is 18.8 Å². The average Bonchev–Trinajstić information content (AvgIpc) is 2.86. The van der Waals surface area contributed by atoms with Crippen LogP contribution in [0.25, 0.3) is 5.52 Å². The van der Waals surface area contributed by atoms with E-state index in [0.29, 0.717) is 5.92 Å². The van der Waals surface area contributed by atoms with E-state index in [2.05, 4.69) is 39.6 Å². The van der Waals surface area contributed by atoms with Gasteiger partial charge in [-0.25, -0.2) is 4.98 Å². The van der Waals surface area contributed by atoms with Gasteiger partial charge in [0, 0.05) is 31.9 Å². The molecule has 4 nitrogen and oxygen atoms in total. The molecule has 90 valence electrons. The van der Waals surface area contributed by atoms with Gasteiger partial charge >= 0.3 is 0 Å². The number of nitrogens with one attached hydrogen (secondary N) is 2. The van der Waals surface area contributed by atoms with Crippen LogP contribution < -0.4 is 10.6 Å². The zero-order valence-electron chi connectivity index (χ0n) is 10.1. The largest absolute Gasteiger partial charge is 0.371 e. The molecule has 0 saturated carbocycles. The molecule has 2 aromatic rings. The third-order valence-corrected chi connectivity index (χ3v) is 3.49. The second-order valence-electron chi connectivity index (χ2n) is 4.61. The molecule has 4 heteroatoms. The molecule has 3 heterocycles. The summed E-state index contributed by atoms with van der Waals surface area (Å²) < 4.78 is 2.16. The monoisotopic (exact) mass is 230 g/mol. The van der Waals surface area contributed by atoms with Crippen molar-refractivity contribution in [3.05, 3.63) is 30.2 Å². The van der Waals surface area contributed by atoms with Crippen LogP contribution in [0.2, 0.25) is 0 Å². The molecular formula is C13H18N4. The maximum Gasteiger partial charge on any atom is 0.150 e. The predicted molar refractivity (Wildman–Crippen MR) is 69.6 cm³/mol. The summed E-state index contributed by atoms with van der Waals surface area (Å²) in [6, 6.07) is 4.14. The van der Waals surface area contributed by atoms with Crippen molar-refractivity contribution in [2.75, 3.05) is 25.5 Å². The molecule has 0 bridgehead atoms. The van der Waals surface area contributed by atoms with E-state index in [4.69, 9.17) is 4.98 Å². The smallest absolute Gasteiger partial charge is 0.150 e. The highest BCUT2D eigenvalue weighted by Gasteiger charge is 2.18. The molecule has 1 saturated heterocycles. The molecular weight excluding hydrogens is 212 g/mol. The number of piperidine rings is 1. The highest BCUT2D eigenvalue weighted by Crippen LogP contribution is 2.24. The standard InChI is InChI=1S/C13H18N4/c1-14-13-12-5-3-7-17(12)9-11(16-13)10-4-2-6-15-8-10/h3,5,7,9-10,15H,2,4,6,8H2,1H3,(H,14,16)/t10-/m1/s1. The highest BCUT2D eigenvalue weighted by molar-refractivity contribution is 5.68. The van der Waals surface area contributed by atoms with Crippen LogP contribution in [0.3, 0.4) is 0 Å².